The summed E-state index contributed by atoms with van der Waals surface area (Å²) in [6.45, 7) is 14.3. The molecule has 0 spiro atoms. The molecule has 0 saturated carbocycles. The van der Waals surface area contributed by atoms with Crippen LogP contribution in [0.1, 0.15) is 41.5 Å². The number of halogens is 1. The lowest BCUT2D eigenvalue weighted by Gasteiger charge is -2.29. The standard InChI is InChI=1S/C24H39PSi2.ClH/c1-7-26(8-2,9-3)23-17-13-21(14-18-23)25-22-15-19-24(20-16-22)27(10-4,11-5)12-6;/h13-20,25H,7-12H2,1-6H3;1H. The van der Waals surface area contributed by atoms with Crippen molar-refractivity contribution in [3.8, 4) is 0 Å². The first-order chi connectivity index (χ1) is 13.0. The molecule has 0 heterocycles. The molecule has 0 atom stereocenters. The van der Waals surface area contributed by atoms with Crippen LogP contribution in [0.25, 0.3) is 0 Å². The van der Waals surface area contributed by atoms with Crippen LogP contribution in [0.15, 0.2) is 48.5 Å². The monoisotopic (exact) mass is 450 g/mol. The zero-order valence-electron chi connectivity index (χ0n) is 18.8. The van der Waals surface area contributed by atoms with Gasteiger partial charge in [-0.25, -0.2) is 0 Å². The predicted molar refractivity (Wildman–Crippen MR) is 141 cm³/mol. The number of rotatable bonds is 10. The van der Waals surface area contributed by atoms with Crippen LogP contribution in [0.3, 0.4) is 0 Å². The maximum absolute atomic E-state index is 2.45. The highest BCUT2D eigenvalue weighted by Gasteiger charge is 2.29. The fourth-order valence-corrected chi connectivity index (χ4v) is 12.9. The van der Waals surface area contributed by atoms with Crippen LogP contribution in [-0.4, -0.2) is 16.1 Å². The van der Waals surface area contributed by atoms with Gasteiger partial charge in [0.15, 0.2) is 0 Å². The van der Waals surface area contributed by atoms with Crippen molar-refractivity contribution < 1.29 is 0 Å². The van der Waals surface area contributed by atoms with Gasteiger partial charge in [-0.05, 0) is 10.6 Å². The fraction of sp³-hybridized carbons (Fsp3) is 0.500. The van der Waals surface area contributed by atoms with Gasteiger partial charge in [-0.15, -0.1) is 12.4 Å². The van der Waals surface area contributed by atoms with E-state index in [1.807, 2.05) is 0 Å². The van der Waals surface area contributed by atoms with Crippen LogP contribution in [0.4, 0.5) is 0 Å². The minimum Gasteiger partial charge on any atom is -0.147 e. The molecule has 0 nitrogen and oxygen atoms in total. The zero-order chi connectivity index (χ0) is 19.9. The van der Waals surface area contributed by atoms with Crippen molar-refractivity contribution in [1.82, 2.24) is 0 Å². The first-order valence-corrected chi connectivity index (χ1v) is 17.2. The number of hydrogen-bond acceptors (Lipinski definition) is 0. The van der Waals surface area contributed by atoms with Gasteiger partial charge in [-0.2, -0.15) is 0 Å². The third-order valence-corrected chi connectivity index (χ3v) is 19.8. The van der Waals surface area contributed by atoms with E-state index in [2.05, 4.69) is 90.1 Å². The normalized spacial score (nSPS) is 11.9. The van der Waals surface area contributed by atoms with Gasteiger partial charge in [0.25, 0.3) is 0 Å². The maximum Gasteiger partial charge on any atom is 0.0859 e. The third-order valence-electron chi connectivity index (χ3n) is 7.34. The van der Waals surface area contributed by atoms with Crippen molar-refractivity contribution in [3.63, 3.8) is 0 Å². The highest BCUT2D eigenvalue weighted by Crippen LogP contribution is 2.22. The minimum absolute atomic E-state index is 0. The van der Waals surface area contributed by atoms with Crippen molar-refractivity contribution in [2.75, 3.05) is 0 Å². The van der Waals surface area contributed by atoms with Crippen LogP contribution in [0, 0.1) is 0 Å². The molecule has 0 aliphatic heterocycles. The van der Waals surface area contributed by atoms with Crippen LogP contribution < -0.4 is 21.0 Å². The summed E-state index contributed by atoms with van der Waals surface area (Å²) in [5.74, 6) is 0. The van der Waals surface area contributed by atoms with E-state index < -0.39 is 16.1 Å². The summed E-state index contributed by atoms with van der Waals surface area (Å²) in [6.07, 6.45) is 0. The smallest absolute Gasteiger partial charge is 0.0859 e. The Balaban J connectivity index is 0.00000392. The van der Waals surface area contributed by atoms with Crippen LogP contribution in [0.5, 0.6) is 0 Å². The number of hydrogen-bond donors (Lipinski definition) is 0. The molecular weight excluding hydrogens is 411 g/mol. The van der Waals surface area contributed by atoms with Gasteiger partial charge in [0.1, 0.15) is 0 Å². The van der Waals surface area contributed by atoms with Gasteiger partial charge in [0.2, 0.25) is 0 Å². The quantitative estimate of drug-likeness (QED) is 0.300. The Morgan fingerprint density at radius 1 is 0.500 bits per heavy atom. The van der Waals surface area contributed by atoms with Crippen LogP contribution in [0.2, 0.25) is 36.3 Å². The van der Waals surface area contributed by atoms with E-state index in [-0.39, 0.29) is 12.4 Å². The van der Waals surface area contributed by atoms with E-state index in [1.165, 1.54) is 46.9 Å². The highest BCUT2D eigenvalue weighted by molar-refractivity contribution is 7.55. The average Bonchev–Trinajstić information content (AvgIpc) is 2.74. The summed E-state index contributed by atoms with van der Waals surface area (Å²) in [5.41, 5.74) is 0. The van der Waals surface area contributed by atoms with E-state index in [0.29, 0.717) is 0 Å². The average molecular weight is 451 g/mol. The summed E-state index contributed by atoms with van der Waals surface area (Å²) in [4.78, 5) is 0. The maximum atomic E-state index is 2.45. The Hall–Kier alpha value is -0.406. The summed E-state index contributed by atoms with van der Waals surface area (Å²) in [7, 11) is -1.71. The molecule has 0 saturated heterocycles. The lowest BCUT2D eigenvalue weighted by molar-refractivity contribution is 1.19. The zero-order valence-corrected chi connectivity index (χ0v) is 22.6. The van der Waals surface area contributed by atoms with E-state index in [0.717, 1.165) is 8.58 Å². The van der Waals surface area contributed by atoms with E-state index in [9.17, 15) is 0 Å². The Kier molecular flexibility index (Phi) is 10.7. The molecule has 2 aromatic carbocycles. The van der Waals surface area contributed by atoms with Crippen molar-refractivity contribution >= 4 is 58.1 Å². The van der Waals surface area contributed by atoms with Gasteiger partial charge in [-0.3, -0.25) is 0 Å². The lowest BCUT2D eigenvalue weighted by atomic mass is 10.4. The molecule has 156 valence electrons. The Labute approximate surface area is 184 Å². The Morgan fingerprint density at radius 3 is 0.964 bits per heavy atom. The second kappa shape index (κ2) is 11.7. The van der Waals surface area contributed by atoms with Crippen molar-refractivity contribution in [3.05, 3.63) is 48.5 Å². The lowest BCUT2D eigenvalue weighted by Crippen LogP contribution is -2.46. The molecule has 2 rings (SSSR count). The molecule has 0 bridgehead atoms. The summed E-state index contributed by atoms with van der Waals surface area (Å²) in [6, 6.07) is 27.5. The molecule has 0 radical (unpaired) electrons. The van der Waals surface area contributed by atoms with Crippen molar-refractivity contribution in [2.45, 2.75) is 77.8 Å². The molecule has 0 aromatic heterocycles. The summed E-state index contributed by atoms with van der Waals surface area (Å²) < 4.78 is 0. The SMILES string of the molecule is CC[Si](CC)(CC)c1ccc(Pc2ccc([Si](CC)(CC)CC)cc2)cc1.Cl. The van der Waals surface area contributed by atoms with Gasteiger partial charge >= 0.3 is 0 Å². The molecule has 4 heteroatoms. The number of benzene rings is 2. The Bertz CT molecular complexity index is 612. The summed E-state index contributed by atoms with van der Waals surface area (Å²) >= 11 is 0. The molecule has 0 amide bonds. The minimum atomic E-state index is -1.24. The molecule has 28 heavy (non-hydrogen) atoms. The molecule has 0 aliphatic rings. The molecule has 0 N–H and O–H groups in total. The second-order valence-electron chi connectivity index (χ2n) is 7.96. The van der Waals surface area contributed by atoms with Crippen LogP contribution >= 0.6 is 21.0 Å². The highest BCUT2D eigenvalue weighted by atomic mass is 35.5. The first kappa shape index (κ1) is 25.6. The predicted octanol–water partition coefficient (Wildman–Crippen LogP) is 6.17. The molecule has 2 aromatic rings. The Morgan fingerprint density at radius 2 is 0.750 bits per heavy atom. The van der Waals surface area contributed by atoms with Crippen molar-refractivity contribution in [1.29, 1.82) is 0 Å². The van der Waals surface area contributed by atoms with Crippen LogP contribution in [-0.2, 0) is 0 Å². The molecule has 0 unspecified atom stereocenters. The van der Waals surface area contributed by atoms with Gasteiger partial charge in [0.05, 0.1) is 16.1 Å². The van der Waals surface area contributed by atoms with Gasteiger partial charge < -0.3 is 0 Å². The molecular formula is C24H40ClPSi2. The third kappa shape index (κ3) is 5.39. The van der Waals surface area contributed by atoms with Gasteiger partial charge in [0, 0.05) is 0 Å². The summed E-state index contributed by atoms with van der Waals surface area (Å²) in [5, 5.41) is 6.26. The van der Waals surface area contributed by atoms with E-state index in [4.69, 9.17) is 0 Å². The largest absolute Gasteiger partial charge is 0.147 e. The van der Waals surface area contributed by atoms with E-state index in [1.54, 1.807) is 10.4 Å². The fourth-order valence-electron chi connectivity index (χ4n) is 4.71. The van der Waals surface area contributed by atoms with E-state index >= 15 is 0 Å². The van der Waals surface area contributed by atoms with Crippen molar-refractivity contribution in [2.24, 2.45) is 0 Å². The first-order valence-electron chi connectivity index (χ1n) is 11.0. The molecule has 0 fully saturated rings. The second-order valence-corrected chi connectivity index (χ2v) is 19.9. The van der Waals surface area contributed by atoms with Gasteiger partial charge in [-0.1, -0.05) is 145 Å². The molecule has 0 aliphatic carbocycles. The topological polar surface area (TPSA) is 0 Å².